The summed E-state index contributed by atoms with van der Waals surface area (Å²) in [6.07, 6.45) is 11.2. The molecule has 1 aromatic rings. The van der Waals surface area contributed by atoms with E-state index in [1.807, 2.05) is 13.8 Å². The van der Waals surface area contributed by atoms with Crippen molar-refractivity contribution in [1.82, 2.24) is 0 Å². The van der Waals surface area contributed by atoms with E-state index in [0.29, 0.717) is 0 Å². The Balaban J connectivity index is 2.21. The monoisotopic (exact) mass is 276 g/mol. The maximum Gasteiger partial charge on any atom is 0.0594 e. The van der Waals surface area contributed by atoms with Gasteiger partial charge in [-0.05, 0) is 50.7 Å². The maximum absolute atomic E-state index is 9.74. The third kappa shape index (κ3) is 8.37. The summed E-state index contributed by atoms with van der Waals surface area (Å²) < 4.78 is 0. The lowest BCUT2D eigenvalue weighted by Crippen LogP contribution is -2.19. The molecule has 0 fully saturated rings. The molecule has 0 heterocycles. The van der Waals surface area contributed by atoms with E-state index in [0.717, 1.165) is 12.8 Å². The van der Waals surface area contributed by atoms with E-state index < -0.39 is 5.60 Å². The van der Waals surface area contributed by atoms with Crippen LogP contribution in [0.3, 0.4) is 0 Å². The van der Waals surface area contributed by atoms with Gasteiger partial charge in [0, 0.05) is 0 Å². The van der Waals surface area contributed by atoms with Crippen molar-refractivity contribution in [2.45, 2.75) is 84.2 Å². The Morgan fingerprint density at radius 3 is 1.85 bits per heavy atom. The highest BCUT2D eigenvalue weighted by Gasteiger charge is 2.11. The third-order valence-corrected chi connectivity index (χ3v) is 3.87. The van der Waals surface area contributed by atoms with Gasteiger partial charge in [-0.15, -0.1) is 0 Å². The smallest absolute Gasteiger partial charge is 0.0594 e. The number of unbranched alkanes of at least 4 members (excludes halogenated alkanes) is 5. The minimum Gasteiger partial charge on any atom is -0.390 e. The zero-order valence-corrected chi connectivity index (χ0v) is 13.6. The van der Waals surface area contributed by atoms with Crippen molar-refractivity contribution in [1.29, 1.82) is 0 Å². The fraction of sp³-hybridized carbons (Fsp3) is 0.684. The molecule has 1 rings (SSSR count). The molecule has 114 valence electrons. The van der Waals surface area contributed by atoms with Gasteiger partial charge in [-0.25, -0.2) is 0 Å². The van der Waals surface area contributed by atoms with Crippen LogP contribution in [0.2, 0.25) is 0 Å². The summed E-state index contributed by atoms with van der Waals surface area (Å²) in [5.41, 5.74) is 2.23. The Kier molecular flexibility index (Phi) is 7.91. The Hall–Kier alpha value is -0.820. The highest BCUT2D eigenvalue weighted by Crippen LogP contribution is 2.15. The second kappa shape index (κ2) is 9.18. The standard InChI is InChI=1S/C19H32O/c1-4-5-6-7-8-9-10-17-11-13-18(14-12-17)15-16-19(2,3)20/h11-14,20H,4-10,15-16H2,1-3H3. The number of benzene rings is 1. The highest BCUT2D eigenvalue weighted by molar-refractivity contribution is 5.22. The SMILES string of the molecule is CCCCCCCCc1ccc(CCC(C)(C)O)cc1. The van der Waals surface area contributed by atoms with Crippen molar-refractivity contribution in [3.05, 3.63) is 35.4 Å². The van der Waals surface area contributed by atoms with E-state index in [2.05, 4.69) is 31.2 Å². The van der Waals surface area contributed by atoms with Crippen molar-refractivity contribution in [3.8, 4) is 0 Å². The van der Waals surface area contributed by atoms with Crippen molar-refractivity contribution in [3.63, 3.8) is 0 Å². The fourth-order valence-corrected chi connectivity index (χ4v) is 2.43. The predicted octanol–water partition coefficient (Wildman–Crippen LogP) is 5.29. The molecule has 0 aromatic heterocycles. The first-order chi connectivity index (χ1) is 9.51. The molecule has 0 unspecified atom stereocenters. The van der Waals surface area contributed by atoms with E-state index >= 15 is 0 Å². The van der Waals surface area contributed by atoms with Gasteiger partial charge < -0.3 is 5.11 Å². The molecule has 20 heavy (non-hydrogen) atoms. The molecule has 0 aliphatic rings. The number of rotatable bonds is 10. The number of hydrogen-bond acceptors (Lipinski definition) is 1. The molecular weight excluding hydrogens is 244 g/mol. The van der Waals surface area contributed by atoms with Crippen molar-refractivity contribution in [2.75, 3.05) is 0 Å². The van der Waals surface area contributed by atoms with Crippen LogP contribution in [0.15, 0.2) is 24.3 Å². The van der Waals surface area contributed by atoms with Gasteiger partial charge >= 0.3 is 0 Å². The first kappa shape index (κ1) is 17.2. The van der Waals surface area contributed by atoms with Gasteiger partial charge in [-0.3, -0.25) is 0 Å². The molecule has 0 aliphatic carbocycles. The van der Waals surface area contributed by atoms with Crippen LogP contribution in [0.5, 0.6) is 0 Å². The Bertz CT molecular complexity index is 345. The Labute approximate surface area is 125 Å². The van der Waals surface area contributed by atoms with Crippen LogP contribution in [-0.2, 0) is 12.8 Å². The molecule has 1 aromatic carbocycles. The molecule has 0 radical (unpaired) electrons. The van der Waals surface area contributed by atoms with Crippen LogP contribution in [-0.4, -0.2) is 10.7 Å². The van der Waals surface area contributed by atoms with Crippen molar-refractivity contribution < 1.29 is 5.11 Å². The predicted molar refractivity (Wildman–Crippen MR) is 88.1 cm³/mol. The molecule has 1 heteroatoms. The lowest BCUT2D eigenvalue weighted by Gasteiger charge is -2.16. The van der Waals surface area contributed by atoms with E-state index in [1.165, 1.54) is 56.1 Å². The van der Waals surface area contributed by atoms with Crippen molar-refractivity contribution in [2.24, 2.45) is 0 Å². The molecule has 0 atom stereocenters. The van der Waals surface area contributed by atoms with Crippen molar-refractivity contribution >= 4 is 0 Å². The van der Waals surface area contributed by atoms with Crippen LogP contribution in [0.4, 0.5) is 0 Å². The Morgan fingerprint density at radius 2 is 1.30 bits per heavy atom. The normalized spacial score (nSPS) is 11.8. The molecule has 0 amide bonds. The lowest BCUT2D eigenvalue weighted by molar-refractivity contribution is 0.0714. The minimum atomic E-state index is -0.558. The second-order valence-electron chi connectivity index (χ2n) is 6.65. The third-order valence-electron chi connectivity index (χ3n) is 3.87. The van der Waals surface area contributed by atoms with E-state index in [9.17, 15) is 5.11 Å². The van der Waals surface area contributed by atoms with E-state index in [4.69, 9.17) is 0 Å². The average Bonchev–Trinajstić information content (AvgIpc) is 2.41. The van der Waals surface area contributed by atoms with E-state index in [-0.39, 0.29) is 0 Å². The Morgan fingerprint density at radius 1 is 0.800 bits per heavy atom. The van der Waals surface area contributed by atoms with Gasteiger partial charge in [0.1, 0.15) is 0 Å². The van der Waals surface area contributed by atoms with Crippen LogP contribution in [0, 0.1) is 0 Å². The lowest BCUT2D eigenvalue weighted by atomic mass is 9.97. The van der Waals surface area contributed by atoms with Crippen LogP contribution >= 0.6 is 0 Å². The van der Waals surface area contributed by atoms with Gasteiger partial charge in [0.2, 0.25) is 0 Å². The van der Waals surface area contributed by atoms with E-state index in [1.54, 1.807) is 0 Å². The molecule has 0 bridgehead atoms. The van der Waals surface area contributed by atoms with Gasteiger partial charge in [0.05, 0.1) is 5.60 Å². The average molecular weight is 276 g/mol. The summed E-state index contributed by atoms with van der Waals surface area (Å²) in [5, 5.41) is 9.74. The molecule has 0 saturated carbocycles. The van der Waals surface area contributed by atoms with Gasteiger partial charge in [0.15, 0.2) is 0 Å². The summed E-state index contributed by atoms with van der Waals surface area (Å²) in [6, 6.07) is 8.95. The maximum atomic E-state index is 9.74. The molecular formula is C19H32O. The fourth-order valence-electron chi connectivity index (χ4n) is 2.43. The summed E-state index contributed by atoms with van der Waals surface area (Å²) in [5.74, 6) is 0. The first-order valence-electron chi connectivity index (χ1n) is 8.31. The molecule has 1 N–H and O–H groups in total. The highest BCUT2D eigenvalue weighted by atomic mass is 16.3. The minimum absolute atomic E-state index is 0.558. The van der Waals surface area contributed by atoms with Crippen LogP contribution in [0.1, 0.15) is 76.8 Å². The molecule has 0 saturated heterocycles. The van der Waals surface area contributed by atoms with Crippen LogP contribution in [0.25, 0.3) is 0 Å². The van der Waals surface area contributed by atoms with Gasteiger partial charge in [0.25, 0.3) is 0 Å². The molecule has 0 aliphatic heterocycles. The topological polar surface area (TPSA) is 20.2 Å². The molecule has 1 nitrogen and oxygen atoms in total. The van der Waals surface area contributed by atoms with Gasteiger partial charge in [-0.1, -0.05) is 63.3 Å². The summed E-state index contributed by atoms with van der Waals surface area (Å²) in [4.78, 5) is 0. The quantitative estimate of drug-likeness (QED) is 0.575. The summed E-state index contributed by atoms with van der Waals surface area (Å²) in [7, 11) is 0. The summed E-state index contributed by atoms with van der Waals surface area (Å²) in [6.45, 7) is 6.01. The second-order valence-corrected chi connectivity index (χ2v) is 6.65. The zero-order valence-electron chi connectivity index (χ0n) is 13.6. The summed E-state index contributed by atoms with van der Waals surface area (Å²) >= 11 is 0. The number of aliphatic hydroxyl groups is 1. The zero-order chi connectivity index (χ0) is 14.8. The number of hydrogen-bond donors (Lipinski definition) is 1. The van der Waals surface area contributed by atoms with Crippen LogP contribution < -0.4 is 0 Å². The molecule has 0 spiro atoms. The van der Waals surface area contributed by atoms with Gasteiger partial charge in [-0.2, -0.15) is 0 Å². The first-order valence-corrected chi connectivity index (χ1v) is 8.31. The number of aryl methyl sites for hydroxylation is 2. The largest absolute Gasteiger partial charge is 0.390 e.